The molecule has 1 aromatic heterocycles. The standard InChI is InChI=1S/C14H22N2S/c1-3-7-15-14(8-10(2)9-14)13-16-11-5-4-6-12(11)17-13/h10,15H,3-9H2,1-2H3. The van der Waals surface area contributed by atoms with Crippen LogP contribution in [-0.2, 0) is 18.4 Å². The van der Waals surface area contributed by atoms with Crippen LogP contribution >= 0.6 is 11.3 Å². The number of aromatic nitrogens is 1. The molecule has 0 atom stereocenters. The third-order valence-electron chi connectivity index (χ3n) is 4.11. The van der Waals surface area contributed by atoms with Crippen molar-refractivity contribution in [3.63, 3.8) is 0 Å². The van der Waals surface area contributed by atoms with E-state index in [1.165, 1.54) is 49.2 Å². The van der Waals surface area contributed by atoms with Gasteiger partial charge in [0.25, 0.3) is 0 Å². The molecule has 0 amide bonds. The number of hydrogen-bond acceptors (Lipinski definition) is 3. The van der Waals surface area contributed by atoms with Gasteiger partial charge in [-0.25, -0.2) is 4.98 Å². The van der Waals surface area contributed by atoms with Gasteiger partial charge in [-0.05, 0) is 51.0 Å². The van der Waals surface area contributed by atoms with E-state index in [2.05, 4.69) is 19.2 Å². The van der Waals surface area contributed by atoms with E-state index in [4.69, 9.17) is 4.98 Å². The Balaban J connectivity index is 1.83. The van der Waals surface area contributed by atoms with Crippen LogP contribution in [0.5, 0.6) is 0 Å². The van der Waals surface area contributed by atoms with E-state index < -0.39 is 0 Å². The predicted octanol–water partition coefficient (Wildman–Crippen LogP) is 3.26. The zero-order chi connectivity index (χ0) is 11.9. The number of nitrogens with one attached hydrogen (secondary N) is 1. The summed E-state index contributed by atoms with van der Waals surface area (Å²) in [4.78, 5) is 6.50. The van der Waals surface area contributed by atoms with Crippen molar-refractivity contribution >= 4 is 11.3 Å². The Hall–Kier alpha value is -0.410. The van der Waals surface area contributed by atoms with Gasteiger partial charge in [-0.3, -0.25) is 0 Å². The van der Waals surface area contributed by atoms with Crippen molar-refractivity contribution in [2.75, 3.05) is 6.54 Å². The SMILES string of the molecule is CCCNC1(c2nc3c(s2)CCC3)CC(C)C1. The fourth-order valence-corrected chi connectivity index (χ4v) is 4.62. The summed E-state index contributed by atoms with van der Waals surface area (Å²) in [5.74, 6) is 0.859. The molecular weight excluding hydrogens is 228 g/mol. The van der Waals surface area contributed by atoms with Crippen LogP contribution in [0.15, 0.2) is 0 Å². The molecule has 1 N–H and O–H groups in total. The molecule has 1 aromatic rings. The lowest BCUT2D eigenvalue weighted by Crippen LogP contribution is -2.52. The van der Waals surface area contributed by atoms with Crippen LogP contribution in [-0.4, -0.2) is 11.5 Å². The first kappa shape index (κ1) is 11.7. The number of hydrogen-bond donors (Lipinski definition) is 1. The second kappa shape index (κ2) is 4.36. The summed E-state index contributed by atoms with van der Waals surface area (Å²) >= 11 is 1.98. The molecule has 0 aliphatic heterocycles. The summed E-state index contributed by atoms with van der Waals surface area (Å²) in [7, 11) is 0. The number of aryl methyl sites for hydroxylation is 2. The monoisotopic (exact) mass is 250 g/mol. The minimum absolute atomic E-state index is 0.241. The second-order valence-electron chi connectivity index (χ2n) is 5.76. The average molecular weight is 250 g/mol. The van der Waals surface area contributed by atoms with E-state index in [-0.39, 0.29) is 5.54 Å². The third kappa shape index (κ3) is 1.93. The number of nitrogens with zero attached hydrogens (tertiary/aromatic N) is 1. The maximum Gasteiger partial charge on any atom is 0.113 e. The Morgan fingerprint density at radius 2 is 2.24 bits per heavy atom. The number of thiazole rings is 1. The molecule has 1 heterocycles. The molecule has 0 aromatic carbocycles. The van der Waals surface area contributed by atoms with Gasteiger partial charge in [0.1, 0.15) is 5.01 Å². The van der Waals surface area contributed by atoms with Crippen LogP contribution in [0.25, 0.3) is 0 Å². The topological polar surface area (TPSA) is 24.9 Å². The minimum Gasteiger partial charge on any atom is -0.305 e. The molecule has 17 heavy (non-hydrogen) atoms. The molecule has 2 nitrogen and oxygen atoms in total. The summed E-state index contributed by atoms with van der Waals surface area (Å²) in [6, 6.07) is 0. The molecule has 1 fully saturated rings. The summed E-state index contributed by atoms with van der Waals surface area (Å²) in [6.45, 7) is 5.72. The number of fused-ring (bicyclic) bond motifs is 1. The molecule has 0 bridgehead atoms. The fourth-order valence-electron chi connectivity index (χ4n) is 3.28. The van der Waals surface area contributed by atoms with E-state index >= 15 is 0 Å². The normalized spacial score (nSPS) is 31.3. The van der Waals surface area contributed by atoms with Crippen molar-refractivity contribution in [3.05, 3.63) is 15.6 Å². The molecule has 3 heteroatoms. The molecule has 3 rings (SSSR count). The molecule has 0 radical (unpaired) electrons. The van der Waals surface area contributed by atoms with Gasteiger partial charge >= 0.3 is 0 Å². The summed E-state index contributed by atoms with van der Waals surface area (Å²) < 4.78 is 0. The van der Waals surface area contributed by atoms with Crippen LogP contribution in [0.3, 0.4) is 0 Å². The predicted molar refractivity (Wildman–Crippen MR) is 72.5 cm³/mol. The maximum absolute atomic E-state index is 4.93. The summed E-state index contributed by atoms with van der Waals surface area (Å²) in [6.07, 6.45) is 7.57. The maximum atomic E-state index is 4.93. The summed E-state index contributed by atoms with van der Waals surface area (Å²) in [5, 5.41) is 5.15. The van der Waals surface area contributed by atoms with Gasteiger partial charge in [0.2, 0.25) is 0 Å². The first-order valence-electron chi connectivity index (χ1n) is 6.97. The van der Waals surface area contributed by atoms with Crippen molar-refractivity contribution in [3.8, 4) is 0 Å². The van der Waals surface area contributed by atoms with Crippen LogP contribution in [0.2, 0.25) is 0 Å². The molecule has 0 saturated heterocycles. The van der Waals surface area contributed by atoms with Gasteiger partial charge in [-0.1, -0.05) is 13.8 Å². The van der Waals surface area contributed by atoms with Gasteiger partial charge in [0.05, 0.1) is 11.2 Å². The Morgan fingerprint density at radius 1 is 1.41 bits per heavy atom. The van der Waals surface area contributed by atoms with E-state index in [0.717, 1.165) is 12.5 Å². The molecular formula is C14H22N2S. The quantitative estimate of drug-likeness (QED) is 0.887. The van der Waals surface area contributed by atoms with Crippen LogP contribution in [0.1, 0.15) is 55.1 Å². The molecule has 0 spiro atoms. The first-order valence-corrected chi connectivity index (χ1v) is 7.79. The smallest absolute Gasteiger partial charge is 0.113 e. The molecule has 2 aliphatic rings. The van der Waals surface area contributed by atoms with Crippen LogP contribution in [0.4, 0.5) is 0 Å². The van der Waals surface area contributed by atoms with Crippen molar-refractivity contribution < 1.29 is 0 Å². The molecule has 1 saturated carbocycles. The van der Waals surface area contributed by atoms with E-state index in [9.17, 15) is 0 Å². The Kier molecular flexibility index (Phi) is 2.99. The van der Waals surface area contributed by atoms with Gasteiger partial charge < -0.3 is 5.32 Å². The molecule has 0 unspecified atom stereocenters. The third-order valence-corrected chi connectivity index (χ3v) is 5.47. The van der Waals surface area contributed by atoms with E-state index in [1.807, 2.05) is 11.3 Å². The Morgan fingerprint density at radius 3 is 2.88 bits per heavy atom. The lowest BCUT2D eigenvalue weighted by molar-refractivity contribution is 0.114. The van der Waals surface area contributed by atoms with Crippen molar-refractivity contribution in [1.29, 1.82) is 0 Å². The largest absolute Gasteiger partial charge is 0.305 e. The lowest BCUT2D eigenvalue weighted by atomic mass is 9.69. The van der Waals surface area contributed by atoms with Gasteiger partial charge in [-0.2, -0.15) is 0 Å². The van der Waals surface area contributed by atoms with Gasteiger partial charge in [0, 0.05) is 4.88 Å². The van der Waals surface area contributed by atoms with Gasteiger partial charge in [0.15, 0.2) is 0 Å². The molecule has 94 valence electrons. The highest BCUT2D eigenvalue weighted by atomic mass is 32.1. The van der Waals surface area contributed by atoms with E-state index in [0.29, 0.717) is 0 Å². The van der Waals surface area contributed by atoms with Gasteiger partial charge in [-0.15, -0.1) is 11.3 Å². The zero-order valence-electron chi connectivity index (χ0n) is 10.9. The first-order chi connectivity index (χ1) is 8.23. The van der Waals surface area contributed by atoms with Crippen molar-refractivity contribution in [2.45, 2.75) is 57.9 Å². The molecule has 2 aliphatic carbocycles. The van der Waals surface area contributed by atoms with Crippen molar-refractivity contribution in [1.82, 2.24) is 10.3 Å². The highest BCUT2D eigenvalue weighted by Gasteiger charge is 2.45. The number of rotatable bonds is 4. The second-order valence-corrected chi connectivity index (χ2v) is 6.85. The zero-order valence-corrected chi connectivity index (χ0v) is 11.7. The Bertz CT molecular complexity index is 383. The van der Waals surface area contributed by atoms with E-state index in [1.54, 1.807) is 4.88 Å². The van der Waals surface area contributed by atoms with Crippen LogP contribution in [0, 0.1) is 5.92 Å². The lowest BCUT2D eigenvalue weighted by Gasteiger charge is -2.46. The Labute approximate surface area is 108 Å². The highest BCUT2D eigenvalue weighted by molar-refractivity contribution is 7.12. The highest BCUT2D eigenvalue weighted by Crippen LogP contribution is 2.47. The van der Waals surface area contributed by atoms with Crippen LogP contribution < -0.4 is 5.32 Å². The summed E-state index contributed by atoms with van der Waals surface area (Å²) in [5.41, 5.74) is 1.65. The minimum atomic E-state index is 0.241. The average Bonchev–Trinajstić information content (AvgIpc) is 2.82. The fraction of sp³-hybridized carbons (Fsp3) is 0.786. The van der Waals surface area contributed by atoms with Crippen molar-refractivity contribution in [2.24, 2.45) is 5.92 Å².